The minimum absolute atomic E-state index is 0.220. The summed E-state index contributed by atoms with van der Waals surface area (Å²) < 4.78 is 0. The standard InChI is InChI=1S/C13H17N3OS/c1-3-6-10-7-5-8-11(12(10)17)9-15-16-13(18)14-4-2/h3,5,7-9,17H,1,4,6H2,2H3,(H2,14,16,18). The molecule has 1 rings (SSSR count). The van der Waals surface area contributed by atoms with E-state index in [0.29, 0.717) is 17.1 Å². The van der Waals surface area contributed by atoms with Crippen LogP contribution >= 0.6 is 12.2 Å². The van der Waals surface area contributed by atoms with Gasteiger partial charge in [0.05, 0.1) is 6.21 Å². The molecule has 96 valence electrons. The number of phenolic OH excluding ortho intramolecular Hbond substituents is 1. The maximum Gasteiger partial charge on any atom is 0.186 e. The molecule has 0 aromatic heterocycles. The second-order valence-corrected chi connectivity index (χ2v) is 3.99. The zero-order valence-corrected chi connectivity index (χ0v) is 11.1. The van der Waals surface area contributed by atoms with Crippen molar-refractivity contribution in [3.8, 4) is 5.75 Å². The molecule has 1 aromatic carbocycles. The van der Waals surface area contributed by atoms with E-state index in [9.17, 15) is 5.11 Å². The molecule has 0 bridgehead atoms. The average Bonchev–Trinajstić information content (AvgIpc) is 2.34. The smallest absolute Gasteiger partial charge is 0.186 e. The number of para-hydroxylation sites is 1. The van der Waals surface area contributed by atoms with Crippen molar-refractivity contribution in [3.63, 3.8) is 0 Å². The van der Waals surface area contributed by atoms with Gasteiger partial charge in [0.15, 0.2) is 5.11 Å². The number of aromatic hydroxyl groups is 1. The minimum atomic E-state index is 0.220. The first kappa shape index (κ1) is 14.2. The molecule has 0 saturated heterocycles. The molecule has 0 spiro atoms. The molecule has 4 nitrogen and oxygen atoms in total. The molecular weight excluding hydrogens is 246 g/mol. The van der Waals surface area contributed by atoms with Crippen molar-refractivity contribution in [2.45, 2.75) is 13.3 Å². The second kappa shape index (κ2) is 7.45. The van der Waals surface area contributed by atoms with Gasteiger partial charge in [0.25, 0.3) is 0 Å². The Morgan fingerprint density at radius 2 is 2.33 bits per heavy atom. The monoisotopic (exact) mass is 263 g/mol. The Kier molecular flexibility index (Phi) is 5.87. The van der Waals surface area contributed by atoms with Gasteiger partial charge in [-0.3, -0.25) is 5.43 Å². The number of hydrogen-bond acceptors (Lipinski definition) is 3. The van der Waals surface area contributed by atoms with Gasteiger partial charge in [-0.15, -0.1) is 6.58 Å². The molecule has 0 amide bonds. The Hall–Kier alpha value is -1.88. The summed E-state index contributed by atoms with van der Waals surface area (Å²) in [6, 6.07) is 5.50. The Bertz CT molecular complexity index is 458. The Balaban J connectivity index is 2.72. The lowest BCUT2D eigenvalue weighted by Gasteiger charge is -2.05. The van der Waals surface area contributed by atoms with Gasteiger partial charge in [-0.05, 0) is 37.2 Å². The third-order valence-corrected chi connectivity index (χ3v) is 2.46. The van der Waals surface area contributed by atoms with Gasteiger partial charge in [0.1, 0.15) is 5.75 Å². The van der Waals surface area contributed by atoms with E-state index in [2.05, 4.69) is 22.4 Å². The van der Waals surface area contributed by atoms with Crippen molar-refractivity contribution >= 4 is 23.5 Å². The molecule has 0 aliphatic rings. The summed E-state index contributed by atoms with van der Waals surface area (Å²) >= 11 is 4.96. The van der Waals surface area contributed by atoms with E-state index in [1.807, 2.05) is 19.1 Å². The first-order valence-electron chi connectivity index (χ1n) is 5.67. The van der Waals surface area contributed by atoms with Crippen LogP contribution in [0.4, 0.5) is 0 Å². The fourth-order valence-electron chi connectivity index (χ4n) is 1.40. The van der Waals surface area contributed by atoms with Crippen LogP contribution in [0.3, 0.4) is 0 Å². The number of thiocarbonyl (C=S) groups is 1. The fourth-order valence-corrected chi connectivity index (χ4v) is 1.59. The molecule has 0 unspecified atom stereocenters. The molecule has 5 heteroatoms. The maximum atomic E-state index is 9.97. The number of allylic oxidation sites excluding steroid dienone is 1. The van der Waals surface area contributed by atoms with Crippen LogP contribution in [0.2, 0.25) is 0 Å². The lowest BCUT2D eigenvalue weighted by molar-refractivity contribution is 0.469. The predicted octanol–water partition coefficient (Wildman–Crippen LogP) is 1.94. The largest absolute Gasteiger partial charge is 0.507 e. The van der Waals surface area contributed by atoms with Crippen molar-refractivity contribution < 1.29 is 5.11 Å². The van der Waals surface area contributed by atoms with Gasteiger partial charge >= 0.3 is 0 Å². The van der Waals surface area contributed by atoms with Crippen molar-refractivity contribution in [2.24, 2.45) is 5.10 Å². The van der Waals surface area contributed by atoms with E-state index in [4.69, 9.17) is 12.2 Å². The van der Waals surface area contributed by atoms with Crippen LogP contribution < -0.4 is 10.7 Å². The summed E-state index contributed by atoms with van der Waals surface area (Å²) in [6.45, 7) is 6.33. The Morgan fingerprint density at radius 3 is 3.00 bits per heavy atom. The Labute approximate surface area is 112 Å². The predicted molar refractivity (Wildman–Crippen MR) is 79.0 cm³/mol. The molecule has 18 heavy (non-hydrogen) atoms. The lowest BCUT2D eigenvalue weighted by atomic mass is 10.1. The molecule has 0 atom stereocenters. The average molecular weight is 263 g/mol. The number of hydrazone groups is 1. The molecule has 1 aromatic rings. The SMILES string of the molecule is C=CCc1cccc(C=NNC(=S)NCC)c1O. The number of nitrogens with zero attached hydrogens (tertiary/aromatic N) is 1. The summed E-state index contributed by atoms with van der Waals surface area (Å²) in [7, 11) is 0. The number of rotatable bonds is 5. The highest BCUT2D eigenvalue weighted by atomic mass is 32.1. The van der Waals surface area contributed by atoms with Crippen molar-refractivity contribution in [3.05, 3.63) is 42.0 Å². The first-order chi connectivity index (χ1) is 8.69. The summed E-state index contributed by atoms with van der Waals surface area (Å²) in [5, 5.41) is 17.3. The fraction of sp³-hybridized carbons (Fsp3) is 0.231. The van der Waals surface area contributed by atoms with Crippen molar-refractivity contribution in [1.82, 2.24) is 10.7 Å². The Morgan fingerprint density at radius 1 is 1.56 bits per heavy atom. The molecule has 0 radical (unpaired) electrons. The van der Waals surface area contributed by atoms with Crippen LogP contribution in [0.25, 0.3) is 0 Å². The summed E-state index contributed by atoms with van der Waals surface area (Å²) in [4.78, 5) is 0. The van der Waals surface area contributed by atoms with E-state index in [1.165, 1.54) is 6.21 Å². The molecule has 0 aliphatic carbocycles. The summed E-state index contributed by atoms with van der Waals surface area (Å²) in [5.74, 6) is 0.220. The minimum Gasteiger partial charge on any atom is -0.507 e. The van der Waals surface area contributed by atoms with Gasteiger partial charge in [-0.25, -0.2) is 0 Å². The second-order valence-electron chi connectivity index (χ2n) is 3.58. The van der Waals surface area contributed by atoms with Crippen molar-refractivity contribution in [1.29, 1.82) is 0 Å². The van der Waals surface area contributed by atoms with E-state index < -0.39 is 0 Å². The van der Waals surface area contributed by atoms with Crippen LogP contribution in [0.15, 0.2) is 36.0 Å². The first-order valence-corrected chi connectivity index (χ1v) is 6.08. The molecule has 3 N–H and O–H groups in total. The highest BCUT2D eigenvalue weighted by Gasteiger charge is 2.03. The third kappa shape index (κ3) is 4.18. The van der Waals surface area contributed by atoms with Crippen LogP contribution in [0.1, 0.15) is 18.1 Å². The molecule has 0 fully saturated rings. The summed E-state index contributed by atoms with van der Waals surface area (Å²) in [5.41, 5.74) is 4.13. The topological polar surface area (TPSA) is 56.7 Å². The van der Waals surface area contributed by atoms with Crippen LogP contribution in [-0.2, 0) is 6.42 Å². The molecular formula is C13H17N3OS. The van der Waals surface area contributed by atoms with E-state index in [1.54, 1.807) is 12.1 Å². The van der Waals surface area contributed by atoms with Gasteiger partial charge in [0, 0.05) is 12.1 Å². The third-order valence-electron chi connectivity index (χ3n) is 2.22. The maximum absolute atomic E-state index is 9.97. The number of nitrogens with one attached hydrogen (secondary N) is 2. The van der Waals surface area contributed by atoms with E-state index >= 15 is 0 Å². The highest BCUT2D eigenvalue weighted by molar-refractivity contribution is 7.80. The molecule has 0 heterocycles. The van der Waals surface area contributed by atoms with E-state index in [0.717, 1.165) is 12.1 Å². The van der Waals surface area contributed by atoms with Crippen LogP contribution in [0, 0.1) is 0 Å². The normalized spacial score (nSPS) is 10.3. The molecule has 0 aliphatic heterocycles. The zero-order chi connectivity index (χ0) is 13.4. The quantitative estimate of drug-likeness (QED) is 0.329. The summed E-state index contributed by atoms with van der Waals surface area (Å²) in [6.07, 6.45) is 3.90. The van der Waals surface area contributed by atoms with Gasteiger partial charge < -0.3 is 10.4 Å². The van der Waals surface area contributed by atoms with Gasteiger partial charge in [-0.2, -0.15) is 5.10 Å². The molecule has 0 saturated carbocycles. The lowest BCUT2D eigenvalue weighted by Crippen LogP contribution is -2.31. The number of phenols is 1. The van der Waals surface area contributed by atoms with Crippen molar-refractivity contribution in [2.75, 3.05) is 6.54 Å². The number of hydrogen-bond donors (Lipinski definition) is 3. The van der Waals surface area contributed by atoms with Gasteiger partial charge in [-0.1, -0.05) is 18.2 Å². The zero-order valence-electron chi connectivity index (χ0n) is 10.3. The number of benzene rings is 1. The van der Waals surface area contributed by atoms with Gasteiger partial charge in [0.2, 0.25) is 0 Å². The highest BCUT2D eigenvalue weighted by Crippen LogP contribution is 2.21. The van der Waals surface area contributed by atoms with Crippen LogP contribution in [0.5, 0.6) is 5.75 Å². The van der Waals surface area contributed by atoms with Crippen LogP contribution in [-0.4, -0.2) is 23.0 Å². The van der Waals surface area contributed by atoms with E-state index in [-0.39, 0.29) is 5.75 Å².